The van der Waals surface area contributed by atoms with Crippen molar-refractivity contribution in [2.24, 2.45) is 0 Å². The van der Waals surface area contributed by atoms with Gasteiger partial charge in [0.1, 0.15) is 11.5 Å². The molecule has 1 aliphatic rings. The molecule has 0 bridgehead atoms. The van der Waals surface area contributed by atoms with E-state index in [-0.39, 0.29) is 11.1 Å². The minimum atomic E-state index is -3.94. The van der Waals surface area contributed by atoms with Gasteiger partial charge in [0, 0.05) is 5.66 Å². The summed E-state index contributed by atoms with van der Waals surface area (Å²) in [6.45, 7) is 0. The van der Waals surface area contributed by atoms with Gasteiger partial charge in [-0.05, 0) is 37.1 Å². The number of benzene rings is 2. The molecule has 0 N–H and O–H groups in total. The minimum Gasteiger partial charge on any atom is -0.496 e. The Balaban J connectivity index is 2.14. The molecule has 2 aromatic rings. The van der Waals surface area contributed by atoms with Crippen LogP contribution in [0.1, 0.15) is 52.8 Å². The van der Waals surface area contributed by atoms with Gasteiger partial charge < -0.3 is 14.0 Å². The average Bonchev–Trinajstić information content (AvgIpc) is 2.78. The van der Waals surface area contributed by atoms with E-state index in [0.29, 0.717) is 24.3 Å². The summed E-state index contributed by atoms with van der Waals surface area (Å²) in [7, 11) is -1.02. The van der Waals surface area contributed by atoms with E-state index in [1.807, 2.05) is 0 Å². The zero-order valence-corrected chi connectivity index (χ0v) is 17.1. The first-order valence-electron chi connectivity index (χ1n) is 9.49. The van der Waals surface area contributed by atoms with Gasteiger partial charge in [-0.25, -0.2) is 0 Å². The summed E-state index contributed by atoms with van der Waals surface area (Å²) in [5.74, 6) is 0.660. The number of ether oxygens (including phenoxy) is 2. The van der Waals surface area contributed by atoms with E-state index < -0.39 is 23.8 Å². The fourth-order valence-electron chi connectivity index (χ4n) is 3.87. The lowest BCUT2D eigenvalue weighted by Crippen LogP contribution is -2.24. The third kappa shape index (κ3) is 3.64. The van der Waals surface area contributed by atoms with Gasteiger partial charge in [0.2, 0.25) is 18.2 Å². The van der Waals surface area contributed by atoms with E-state index in [1.165, 1.54) is 14.2 Å². The lowest BCUT2D eigenvalue weighted by molar-refractivity contribution is 0.103. The summed E-state index contributed by atoms with van der Waals surface area (Å²) in [5, 5.41) is 0. The molecular weight excluding hydrogens is 375 g/mol. The number of hydrogen-bond donors (Lipinski definition) is 0. The predicted octanol–water partition coefficient (Wildman–Crippen LogP) is 5.38. The highest BCUT2D eigenvalue weighted by Crippen LogP contribution is 2.61. The standard InChI is InChI=1S/C22H25O5P/c1-26-19-14-8-6-12-17(19)21(23)28(25,16-10-4-3-5-11-16)22(24)18-13-7-9-15-20(18)27-2/h6-9,12-16H,3-5,10-11H2,1-2H3. The largest absolute Gasteiger partial charge is 0.496 e. The van der Waals surface area contributed by atoms with E-state index in [4.69, 9.17) is 9.47 Å². The van der Waals surface area contributed by atoms with E-state index in [0.717, 1.165) is 19.3 Å². The highest BCUT2D eigenvalue weighted by molar-refractivity contribution is 7.96. The van der Waals surface area contributed by atoms with E-state index in [1.54, 1.807) is 48.5 Å². The molecule has 0 aromatic heterocycles. The zero-order chi connectivity index (χ0) is 20.1. The third-order valence-electron chi connectivity index (χ3n) is 5.37. The topological polar surface area (TPSA) is 69.7 Å². The zero-order valence-electron chi connectivity index (χ0n) is 16.2. The van der Waals surface area contributed by atoms with Gasteiger partial charge in [0.05, 0.1) is 25.3 Å². The lowest BCUT2D eigenvalue weighted by Gasteiger charge is -2.29. The highest BCUT2D eigenvalue weighted by atomic mass is 31.2. The van der Waals surface area contributed by atoms with E-state index >= 15 is 0 Å². The number of methoxy groups -OCH3 is 2. The van der Waals surface area contributed by atoms with Gasteiger partial charge in [-0.3, -0.25) is 9.59 Å². The molecule has 148 valence electrons. The maximum absolute atomic E-state index is 14.3. The second-order valence-corrected chi connectivity index (χ2v) is 9.82. The molecule has 3 rings (SSSR count). The number of hydrogen-bond acceptors (Lipinski definition) is 5. The molecule has 5 nitrogen and oxygen atoms in total. The SMILES string of the molecule is COc1ccccc1C(=O)P(=O)(C(=O)c1ccccc1OC)C1CCCCC1. The number of rotatable bonds is 7. The number of para-hydroxylation sites is 2. The predicted molar refractivity (Wildman–Crippen MR) is 109 cm³/mol. The molecule has 0 spiro atoms. The quantitative estimate of drug-likeness (QED) is 0.584. The molecule has 28 heavy (non-hydrogen) atoms. The Labute approximate surface area is 165 Å². The highest BCUT2D eigenvalue weighted by Gasteiger charge is 2.48. The molecule has 0 aliphatic heterocycles. The molecule has 0 amide bonds. The molecule has 1 aliphatic carbocycles. The van der Waals surface area contributed by atoms with Crippen molar-refractivity contribution < 1.29 is 23.6 Å². The van der Waals surface area contributed by atoms with E-state index in [9.17, 15) is 14.2 Å². The second-order valence-electron chi connectivity index (χ2n) is 6.96. The van der Waals surface area contributed by atoms with Crippen molar-refractivity contribution >= 4 is 18.2 Å². The van der Waals surface area contributed by atoms with Gasteiger partial charge in [0.25, 0.3) is 0 Å². The maximum Gasteiger partial charge on any atom is 0.232 e. The van der Waals surface area contributed by atoms with Crippen molar-refractivity contribution in [2.75, 3.05) is 14.2 Å². The molecule has 1 saturated carbocycles. The molecule has 6 heteroatoms. The summed E-state index contributed by atoms with van der Waals surface area (Å²) in [4.78, 5) is 27.1. The van der Waals surface area contributed by atoms with E-state index in [2.05, 4.69) is 0 Å². The number of carbonyl (C=O) groups excluding carboxylic acids is 2. The third-order valence-corrected chi connectivity index (χ3v) is 8.60. The Bertz CT molecular complexity index is 851. The summed E-state index contributed by atoms with van der Waals surface area (Å²) in [6.07, 6.45) is 3.99. The van der Waals surface area contributed by atoms with Crippen molar-refractivity contribution in [3.63, 3.8) is 0 Å². The molecule has 1 fully saturated rings. The van der Waals surface area contributed by atoms with Crippen LogP contribution in [0.25, 0.3) is 0 Å². The van der Waals surface area contributed by atoms with Crippen LogP contribution in [0, 0.1) is 0 Å². The first kappa shape index (κ1) is 20.3. The summed E-state index contributed by atoms with van der Waals surface area (Å²) in [5.41, 5.74) is -1.29. The summed E-state index contributed by atoms with van der Waals surface area (Å²) in [6, 6.07) is 13.3. The van der Waals surface area contributed by atoms with Gasteiger partial charge in [-0.2, -0.15) is 0 Å². The van der Waals surface area contributed by atoms with Crippen LogP contribution in [0.15, 0.2) is 48.5 Å². The van der Waals surface area contributed by atoms with Gasteiger partial charge >= 0.3 is 0 Å². The smallest absolute Gasteiger partial charge is 0.232 e. The van der Waals surface area contributed by atoms with Crippen LogP contribution in [0.3, 0.4) is 0 Å². The van der Waals surface area contributed by atoms with Crippen LogP contribution in [-0.4, -0.2) is 30.9 Å². The van der Waals surface area contributed by atoms with Crippen LogP contribution in [0.2, 0.25) is 0 Å². The second kappa shape index (κ2) is 8.74. The normalized spacial score (nSPS) is 15.1. The fraction of sp³-hybridized carbons (Fsp3) is 0.364. The van der Waals surface area contributed by atoms with Crippen molar-refractivity contribution in [3.8, 4) is 11.5 Å². The molecule has 0 radical (unpaired) electrons. The molecular formula is C22H25O5P. The molecule has 0 heterocycles. The Morgan fingerprint density at radius 2 is 1.21 bits per heavy atom. The lowest BCUT2D eigenvalue weighted by atomic mass is 10.0. The Morgan fingerprint density at radius 3 is 1.64 bits per heavy atom. The van der Waals surface area contributed by atoms with Gasteiger partial charge in [-0.1, -0.05) is 43.5 Å². The molecule has 0 atom stereocenters. The monoisotopic (exact) mass is 400 g/mol. The van der Waals surface area contributed by atoms with Crippen LogP contribution in [0.4, 0.5) is 0 Å². The average molecular weight is 400 g/mol. The molecule has 2 aromatic carbocycles. The first-order chi connectivity index (χ1) is 13.5. The first-order valence-corrected chi connectivity index (χ1v) is 11.3. The fourth-order valence-corrected chi connectivity index (χ4v) is 6.89. The van der Waals surface area contributed by atoms with Gasteiger partial charge in [0.15, 0.2) is 0 Å². The summed E-state index contributed by atoms with van der Waals surface area (Å²) < 4.78 is 24.9. The Morgan fingerprint density at radius 1 is 0.786 bits per heavy atom. The van der Waals surface area contributed by atoms with Crippen molar-refractivity contribution in [2.45, 2.75) is 37.8 Å². The molecule has 0 unspecified atom stereocenters. The van der Waals surface area contributed by atoms with Crippen LogP contribution >= 0.6 is 7.14 Å². The van der Waals surface area contributed by atoms with Crippen LogP contribution in [0.5, 0.6) is 11.5 Å². The van der Waals surface area contributed by atoms with Gasteiger partial charge in [-0.15, -0.1) is 0 Å². The Kier molecular flexibility index (Phi) is 6.35. The maximum atomic E-state index is 14.3. The van der Waals surface area contributed by atoms with Crippen LogP contribution in [-0.2, 0) is 4.57 Å². The summed E-state index contributed by atoms with van der Waals surface area (Å²) >= 11 is 0. The minimum absolute atomic E-state index is 0.196. The number of carbonyl (C=O) groups is 2. The van der Waals surface area contributed by atoms with Crippen LogP contribution < -0.4 is 9.47 Å². The molecule has 0 saturated heterocycles. The van der Waals surface area contributed by atoms with Crippen molar-refractivity contribution in [1.29, 1.82) is 0 Å². The Hall–Kier alpha value is -2.39. The van der Waals surface area contributed by atoms with Crippen molar-refractivity contribution in [1.82, 2.24) is 0 Å². The van der Waals surface area contributed by atoms with Crippen molar-refractivity contribution in [3.05, 3.63) is 59.7 Å².